The summed E-state index contributed by atoms with van der Waals surface area (Å²) >= 11 is 1.59. The highest BCUT2D eigenvalue weighted by atomic mass is 32.2. The molecular weight excluding hydrogens is 236 g/mol. The van der Waals surface area contributed by atoms with E-state index in [4.69, 9.17) is 10.5 Å². The van der Waals surface area contributed by atoms with Gasteiger partial charge in [-0.15, -0.1) is 11.8 Å². The van der Waals surface area contributed by atoms with E-state index in [0.29, 0.717) is 11.6 Å². The van der Waals surface area contributed by atoms with Crippen molar-refractivity contribution in [1.82, 2.24) is 15.0 Å². The summed E-state index contributed by atoms with van der Waals surface area (Å²) in [5.74, 6) is 1.38. The number of pyridine rings is 1. The van der Waals surface area contributed by atoms with Gasteiger partial charge in [0, 0.05) is 18.0 Å². The Bertz CT molecular complexity index is 492. The zero-order chi connectivity index (χ0) is 12.1. The summed E-state index contributed by atoms with van der Waals surface area (Å²) in [6, 6.07) is 7.55. The molecule has 0 atom stereocenters. The Kier molecular flexibility index (Phi) is 3.77. The molecule has 6 heteroatoms. The Morgan fingerprint density at radius 3 is 2.94 bits per heavy atom. The molecule has 0 fully saturated rings. The van der Waals surface area contributed by atoms with Crippen molar-refractivity contribution < 1.29 is 4.74 Å². The maximum atomic E-state index is 5.58. The fourth-order valence-electron chi connectivity index (χ4n) is 1.25. The second-order valence-corrected chi connectivity index (χ2v) is 4.21. The number of ether oxygens (including phenoxy) is 1. The smallest absolute Gasteiger partial charge is 0.223 e. The lowest BCUT2D eigenvalue weighted by atomic mass is 10.4. The first-order chi connectivity index (χ1) is 8.28. The molecule has 0 aliphatic carbocycles. The third kappa shape index (κ3) is 3.32. The van der Waals surface area contributed by atoms with Gasteiger partial charge >= 0.3 is 0 Å². The van der Waals surface area contributed by atoms with E-state index in [2.05, 4.69) is 15.0 Å². The number of anilines is 1. The van der Waals surface area contributed by atoms with E-state index in [1.807, 2.05) is 18.2 Å². The molecule has 2 heterocycles. The van der Waals surface area contributed by atoms with E-state index in [1.165, 1.54) is 0 Å². The molecule has 0 aromatic carbocycles. The molecule has 2 aromatic heterocycles. The van der Waals surface area contributed by atoms with Crippen LogP contribution in [0.5, 0.6) is 5.88 Å². The molecular formula is C11H12N4OS. The van der Waals surface area contributed by atoms with Crippen molar-refractivity contribution in [3.63, 3.8) is 0 Å². The first kappa shape index (κ1) is 11.7. The summed E-state index contributed by atoms with van der Waals surface area (Å²) in [6.45, 7) is 0. The van der Waals surface area contributed by atoms with E-state index < -0.39 is 0 Å². The molecule has 0 aliphatic rings. The Labute approximate surface area is 103 Å². The van der Waals surface area contributed by atoms with Gasteiger partial charge < -0.3 is 10.5 Å². The number of aromatic nitrogens is 3. The third-order valence-electron chi connectivity index (χ3n) is 1.99. The van der Waals surface area contributed by atoms with Crippen LogP contribution >= 0.6 is 11.8 Å². The number of hydrogen-bond donors (Lipinski definition) is 1. The van der Waals surface area contributed by atoms with E-state index in [-0.39, 0.29) is 5.95 Å². The Morgan fingerprint density at radius 2 is 2.24 bits per heavy atom. The summed E-state index contributed by atoms with van der Waals surface area (Å²) in [5.41, 5.74) is 6.40. The predicted octanol–water partition coefficient (Wildman–Crippen LogP) is 1.75. The average Bonchev–Trinajstić information content (AvgIpc) is 2.37. The van der Waals surface area contributed by atoms with Crippen LogP contribution < -0.4 is 10.5 Å². The summed E-state index contributed by atoms with van der Waals surface area (Å²) < 4.78 is 5.03. The van der Waals surface area contributed by atoms with E-state index in [9.17, 15) is 0 Å². The molecule has 0 saturated heterocycles. The van der Waals surface area contributed by atoms with Crippen molar-refractivity contribution in [1.29, 1.82) is 0 Å². The van der Waals surface area contributed by atoms with Gasteiger partial charge in [-0.05, 0) is 12.1 Å². The molecule has 0 unspecified atom stereocenters. The molecule has 2 aromatic rings. The van der Waals surface area contributed by atoms with Crippen LogP contribution in [-0.2, 0) is 5.75 Å². The summed E-state index contributed by atoms with van der Waals surface area (Å²) in [5, 5.41) is 0.948. The quantitative estimate of drug-likeness (QED) is 0.831. The summed E-state index contributed by atoms with van der Waals surface area (Å²) in [6.07, 6.45) is 1.76. The number of nitrogens with two attached hydrogens (primary N) is 1. The Morgan fingerprint density at radius 1 is 1.35 bits per heavy atom. The standard InChI is InChI=1S/C11H12N4OS/c1-16-9-6-8(14-11(12)15-9)7-17-10-4-2-3-5-13-10/h2-6H,7H2,1H3,(H2,12,14,15). The second-order valence-electron chi connectivity index (χ2n) is 3.22. The minimum Gasteiger partial charge on any atom is -0.481 e. The van der Waals surface area contributed by atoms with Gasteiger partial charge in [0.2, 0.25) is 11.8 Å². The fourth-order valence-corrected chi connectivity index (χ4v) is 2.00. The highest BCUT2D eigenvalue weighted by Gasteiger charge is 2.03. The van der Waals surface area contributed by atoms with Gasteiger partial charge in [0.25, 0.3) is 0 Å². The largest absolute Gasteiger partial charge is 0.481 e. The maximum absolute atomic E-state index is 5.58. The minimum atomic E-state index is 0.223. The van der Waals surface area contributed by atoms with Crippen molar-refractivity contribution in [2.75, 3.05) is 12.8 Å². The van der Waals surface area contributed by atoms with Crippen molar-refractivity contribution in [2.24, 2.45) is 0 Å². The van der Waals surface area contributed by atoms with Crippen molar-refractivity contribution in [3.8, 4) is 5.88 Å². The number of rotatable bonds is 4. The molecule has 0 saturated carbocycles. The van der Waals surface area contributed by atoms with Gasteiger partial charge in [0.05, 0.1) is 17.8 Å². The fraction of sp³-hybridized carbons (Fsp3) is 0.182. The Balaban J connectivity index is 2.06. The predicted molar refractivity (Wildman–Crippen MR) is 66.8 cm³/mol. The lowest BCUT2D eigenvalue weighted by molar-refractivity contribution is 0.397. The number of thioether (sulfide) groups is 1. The van der Waals surface area contributed by atoms with Gasteiger partial charge in [-0.1, -0.05) is 6.07 Å². The lowest BCUT2D eigenvalue weighted by Gasteiger charge is -2.04. The van der Waals surface area contributed by atoms with E-state index in [0.717, 1.165) is 10.7 Å². The normalized spacial score (nSPS) is 10.2. The molecule has 2 N–H and O–H groups in total. The molecule has 17 heavy (non-hydrogen) atoms. The number of nitrogens with zero attached hydrogens (tertiary/aromatic N) is 3. The number of nitrogen functional groups attached to an aromatic ring is 1. The first-order valence-corrected chi connectivity index (χ1v) is 5.98. The second kappa shape index (κ2) is 5.49. The van der Waals surface area contributed by atoms with Crippen LogP contribution in [-0.4, -0.2) is 22.1 Å². The molecule has 0 bridgehead atoms. The van der Waals surface area contributed by atoms with Gasteiger partial charge in [-0.2, -0.15) is 4.98 Å². The van der Waals surface area contributed by atoms with E-state index >= 15 is 0 Å². The van der Waals surface area contributed by atoms with Gasteiger partial charge in [0.15, 0.2) is 0 Å². The summed E-state index contributed by atoms with van der Waals surface area (Å²) in [4.78, 5) is 12.3. The molecule has 0 radical (unpaired) electrons. The first-order valence-electron chi connectivity index (χ1n) is 4.99. The highest BCUT2D eigenvalue weighted by molar-refractivity contribution is 7.98. The SMILES string of the molecule is COc1cc(CSc2ccccn2)nc(N)n1. The van der Waals surface area contributed by atoms with Crippen LogP contribution in [0.3, 0.4) is 0 Å². The molecule has 5 nitrogen and oxygen atoms in total. The highest BCUT2D eigenvalue weighted by Crippen LogP contribution is 2.21. The zero-order valence-electron chi connectivity index (χ0n) is 9.33. The molecule has 0 aliphatic heterocycles. The van der Waals surface area contributed by atoms with Gasteiger partial charge in [0.1, 0.15) is 0 Å². The average molecular weight is 248 g/mol. The zero-order valence-corrected chi connectivity index (χ0v) is 10.1. The van der Waals surface area contributed by atoms with Crippen LogP contribution in [0.25, 0.3) is 0 Å². The van der Waals surface area contributed by atoms with Crippen LogP contribution in [0.2, 0.25) is 0 Å². The number of hydrogen-bond acceptors (Lipinski definition) is 6. The van der Waals surface area contributed by atoms with Crippen LogP contribution in [0.1, 0.15) is 5.69 Å². The number of methoxy groups -OCH3 is 1. The van der Waals surface area contributed by atoms with Crippen LogP contribution in [0, 0.1) is 0 Å². The van der Waals surface area contributed by atoms with Crippen molar-refractivity contribution in [2.45, 2.75) is 10.8 Å². The maximum Gasteiger partial charge on any atom is 0.223 e. The third-order valence-corrected chi connectivity index (χ3v) is 2.97. The van der Waals surface area contributed by atoms with Crippen molar-refractivity contribution in [3.05, 3.63) is 36.2 Å². The van der Waals surface area contributed by atoms with E-state index in [1.54, 1.807) is 31.1 Å². The summed E-state index contributed by atoms with van der Waals surface area (Å²) in [7, 11) is 1.55. The molecule has 0 spiro atoms. The monoisotopic (exact) mass is 248 g/mol. The van der Waals surface area contributed by atoms with Gasteiger partial charge in [-0.25, -0.2) is 9.97 Å². The van der Waals surface area contributed by atoms with Crippen LogP contribution in [0.15, 0.2) is 35.5 Å². The Hall–Kier alpha value is -1.82. The van der Waals surface area contributed by atoms with Crippen LogP contribution in [0.4, 0.5) is 5.95 Å². The molecule has 88 valence electrons. The minimum absolute atomic E-state index is 0.223. The van der Waals surface area contributed by atoms with Gasteiger partial charge in [-0.3, -0.25) is 0 Å². The lowest BCUT2D eigenvalue weighted by Crippen LogP contribution is -2.00. The van der Waals surface area contributed by atoms with Crippen molar-refractivity contribution >= 4 is 17.7 Å². The molecule has 2 rings (SSSR count). The molecule has 0 amide bonds. The topological polar surface area (TPSA) is 73.9 Å².